The van der Waals surface area contributed by atoms with Crippen LogP contribution in [0.1, 0.15) is 111 Å². The van der Waals surface area contributed by atoms with Gasteiger partial charge in [0.1, 0.15) is 5.78 Å². The van der Waals surface area contributed by atoms with Crippen molar-refractivity contribution in [2.45, 2.75) is 95.8 Å². The first-order chi connectivity index (χ1) is 16.2. The van der Waals surface area contributed by atoms with Crippen molar-refractivity contribution in [3.63, 3.8) is 0 Å². The molecular formula is C31H39NO. The van der Waals surface area contributed by atoms with Crippen molar-refractivity contribution in [1.82, 2.24) is 4.98 Å². The van der Waals surface area contributed by atoms with Crippen molar-refractivity contribution in [2.24, 2.45) is 11.8 Å². The van der Waals surface area contributed by atoms with Gasteiger partial charge in [-0.2, -0.15) is 0 Å². The first-order valence-corrected chi connectivity index (χ1v) is 13.4. The van der Waals surface area contributed by atoms with Gasteiger partial charge in [0.05, 0.1) is 5.69 Å². The minimum atomic E-state index is 0.420. The monoisotopic (exact) mass is 441 g/mol. The molecule has 1 heterocycles. The molecule has 0 saturated heterocycles. The van der Waals surface area contributed by atoms with Crippen molar-refractivity contribution in [3.05, 3.63) is 70.6 Å². The van der Waals surface area contributed by atoms with Crippen molar-refractivity contribution in [3.8, 4) is 0 Å². The number of aromatic nitrogens is 1. The summed E-state index contributed by atoms with van der Waals surface area (Å²) in [5.41, 5.74) is 6.77. The molecule has 0 amide bonds. The van der Waals surface area contributed by atoms with Crippen molar-refractivity contribution < 1.29 is 4.79 Å². The van der Waals surface area contributed by atoms with Crippen LogP contribution < -0.4 is 0 Å². The van der Waals surface area contributed by atoms with Crippen LogP contribution in [0.15, 0.2) is 42.6 Å². The second kappa shape index (κ2) is 10.4. The summed E-state index contributed by atoms with van der Waals surface area (Å²) in [5, 5.41) is 0. The average Bonchev–Trinajstić information content (AvgIpc) is 3.33. The molecule has 2 atom stereocenters. The van der Waals surface area contributed by atoms with E-state index < -0.39 is 0 Å². The van der Waals surface area contributed by atoms with Gasteiger partial charge in [0.15, 0.2) is 0 Å². The Balaban J connectivity index is 1.19. The summed E-state index contributed by atoms with van der Waals surface area (Å²) < 4.78 is 0. The SMILES string of the molecule is CC1CCC(CCC(=O)Cc2cccc(C3CCCC(c4nccc5c4C=CC5)C3)c2)CC1. The Bertz CT molecular complexity index is 998. The smallest absolute Gasteiger partial charge is 0.137 e. The minimum absolute atomic E-state index is 0.420. The fourth-order valence-electron chi connectivity index (χ4n) is 6.53. The third kappa shape index (κ3) is 5.48. The van der Waals surface area contributed by atoms with Crippen LogP contribution in [-0.4, -0.2) is 10.8 Å². The Morgan fingerprint density at radius 2 is 1.88 bits per heavy atom. The van der Waals surface area contributed by atoms with Gasteiger partial charge in [-0.25, -0.2) is 0 Å². The predicted octanol–water partition coefficient (Wildman–Crippen LogP) is 7.81. The molecule has 0 aliphatic heterocycles. The number of nitrogens with zero attached hydrogens (tertiary/aromatic N) is 1. The van der Waals surface area contributed by atoms with Crippen molar-refractivity contribution >= 4 is 11.9 Å². The zero-order valence-electron chi connectivity index (χ0n) is 20.3. The lowest BCUT2D eigenvalue weighted by atomic mass is 9.75. The van der Waals surface area contributed by atoms with E-state index in [2.05, 4.69) is 49.4 Å². The summed E-state index contributed by atoms with van der Waals surface area (Å²) in [7, 11) is 0. The molecule has 0 N–H and O–H groups in total. The van der Waals surface area contributed by atoms with Crippen LogP contribution in [0.25, 0.3) is 6.08 Å². The second-order valence-electron chi connectivity index (χ2n) is 11.1. The van der Waals surface area contributed by atoms with Crippen LogP contribution in [-0.2, 0) is 17.6 Å². The number of allylic oxidation sites excluding steroid dienone is 1. The number of hydrogen-bond acceptors (Lipinski definition) is 2. The highest BCUT2D eigenvalue weighted by molar-refractivity contribution is 5.80. The van der Waals surface area contributed by atoms with Crippen LogP contribution in [0, 0.1) is 11.8 Å². The number of carbonyl (C=O) groups is 1. The van der Waals surface area contributed by atoms with E-state index in [0.29, 0.717) is 24.0 Å². The molecule has 3 aliphatic carbocycles. The summed E-state index contributed by atoms with van der Waals surface area (Å²) in [6.45, 7) is 2.36. The maximum Gasteiger partial charge on any atom is 0.137 e. The number of pyridine rings is 1. The maximum atomic E-state index is 12.7. The van der Waals surface area contributed by atoms with Gasteiger partial charge < -0.3 is 0 Å². The molecular weight excluding hydrogens is 402 g/mol. The van der Waals surface area contributed by atoms with E-state index in [1.54, 1.807) is 0 Å². The Hall–Kier alpha value is -2.22. The highest BCUT2D eigenvalue weighted by atomic mass is 16.1. The topological polar surface area (TPSA) is 30.0 Å². The molecule has 2 saturated carbocycles. The van der Waals surface area contributed by atoms with Gasteiger partial charge in [0.25, 0.3) is 0 Å². The highest BCUT2D eigenvalue weighted by Gasteiger charge is 2.28. The van der Waals surface area contributed by atoms with Gasteiger partial charge in [0.2, 0.25) is 0 Å². The number of carbonyl (C=O) groups excluding carboxylic acids is 1. The standard InChI is InChI=1S/C31H39NO/c1-22-11-13-23(14-12-22)15-16-29(33)20-24-5-2-7-26(19-24)27-8-3-9-28(21-27)31-30-10-4-6-25(30)17-18-32-31/h2,4-5,7,10,17-19,22-23,27-28H,3,6,8-9,11-16,20-21H2,1H3. The van der Waals surface area contributed by atoms with Crippen LogP contribution >= 0.6 is 0 Å². The van der Waals surface area contributed by atoms with Crippen molar-refractivity contribution in [1.29, 1.82) is 0 Å². The first kappa shape index (κ1) is 22.6. The molecule has 5 rings (SSSR count). The Morgan fingerprint density at radius 3 is 2.76 bits per heavy atom. The van der Waals surface area contributed by atoms with Crippen LogP contribution in [0.2, 0.25) is 0 Å². The fourth-order valence-corrected chi connectivity index (χ4v) is 6.53. The predicted molar refractivity (Wildman–Crippen MR) is 136 cm³/mol. The summed E-state index contributed by atoms with van der Waals surface area (Å²) in [6.07, 6.45) is 20.3. The minimum Gasteiger partial charge on any atom is -0.299 e. The molecule has 0 radical (unpaired) electrons. The van der Waals surface area contributed by atoms with Gasteiger partial charge in [-0.1, -0.05) is 75.4 Å². The highest BCUT2D eigenvalue weighted by Crippen LogP contribution is 2.43. The zero-order chi connectivity index (χ0) is 22.6. The molecule has 2 heteroatoms. The van der Waals surface area contributed by atoms with Gasteiger partial charge in [0, 0.05) is 25.0 Å². The number of Topliss-reactive ketones (excluding diaryl/α,β-unsaturated/α-hetero) is 1. The molecule has 2 aromatic rings. The molecule has 1 aromatic carbocycles. The molecule has 2 fully saturated rings. The fraction of sp³-hybridized carbons (Fsp3) is 0.548. The summed E-state index contributed by atoms with van der Waals surface area (Å²) in [5.74, 6) is 3.20. The van der Waals surface area contributed by atoms with Crippen LogP contribution in [0.5, 0.6) is 0 Å². The third-order valence-electron chi connectivity index (χ3n) is 8.59. The van der Waals surface area contributed by atoms with Gasteiger partial charge in [-0.3, -0.25) is 9.78 Å². The number of benzene rings is 1. The lowest BCUT2D eigenvalue weighted by Crippen LogP contribution is -2.16. The summed E-state index contributed by atoms with van der Waals surface area (Å²) in [4.78, 5) is 17.6. The normalized spacial score (nSPS) is 26.8. The van der Waals surface area contributed by atoms with E-state index in [9.17, 15) is 4.79 Å². The largest absolute Gasteiger partial charge is 0.299 e. The van der Waals surface area contributed by atoms with Crippen molar-refractivity contribution in [2.75, 3.05) is 0 Å². The van der Waals surface area contributed by atoms with Gasteiger partial charge >= 0.3 is 0 Å². The number of ketones is 1. The summed E-state index contributed by atoms with van der Waals surface area (Å²) >= 11 is 0. The van der Waals surface area contributed by atoms with E-state index in [-0.39, 0.29) is 0 Å². The third-order valence-corrected chi connectivity index (χ3v) is 8.59. The zero-order valence-corrected chi connectivity index (χ0v) is 20.3. The molecule has 3 aliphatic rings. The lowest BCUT2D eigenvalue weighted by Gasteiger charge is -2.30. The first-order valence-electron chi connectivity index (χ1n) is 13.4. The second-order valence-corrected chi connectivity index (χ2v) is 11.1. The van der Waals surface area contributed by atoms with E-state index >= 15 is 0 Å². The Labute approximate surface area is 199 Å². The molecule has 0 spiro atoms. The van der Waals surface area contributed by atoms with Gasteiger partial charge in [-0.05, 0) is 78.2 Å². The Morgan fingerprint density at radius 1 is 1.03 bits per heavy atom. The molecule has 1 aromatic heterocycles. The Kier molecular flexibility index (Phi) is 7.09. The number of fused-ring (bicyclic) bond motifs is 1. The quantitative estimate of drug-likeness (QED) is 0.438. The molecule has 0 bridgehead atoms. The number of rotatable bonds is 7. The molecule has 174 valence electrons. The molecule has 2 unspecified atom stereocenters. The molecule has 2 nitrogen and oxygen atoms in total. The van der Waals surface area contributed by atoms with Crippen LogP contribution in [0.4, 0.5) is 0 Å². The van der Waals surface area contributed by atoms with E-state index in [1.165, 1.54) is 79.3 Å². The van der Waals surface area contributed by atoms with Gasteiger partial charge in [-0.15, -0.1) is 0 Å². The van der Waals surface area contributed by atoms with E-state index in [1.807, 2.05) is 6.20 Å². The maximum absolute atomic E-state index is 12.7. The van der Waals surface area contributed by atoms with E-state index in [4.69, 9.17) is 4.98 Å². The van der Waals surface area contributed by atoms with E-state index in [0.717, 1.165) is 31.1 Å². The molecule has 33 heavy (non-hydrogen) atoms. The number of hydrogen-bond donors (Lipinski definition) is 0. The lowest BCUT2D eigenvalue weighted by molar-refractivity contribution is -0.118. The van der Waals surface area contributed by atoms with Crippen LogP contribution in [0.3, 0.4) is 0 Å². The summed E-state index contributed by atoms with van der Waals surface area (Å²) in [6, 6.07) is 11.1. The average molecular weight is 442 g/mol.